The molecule has 33 heavy (non-hydrogen) atoms. The van der Waals surface area contributed by atoms with Gasteiger partial charge in [-0.25, -0.2) is 0 Å². The Hall–Kier alpha value is -4.68. The zero-order chi connectivity index (χ0) is 22.2. The molecule has 0 radical (unpaired) electrons. The quantitative estimate of drug-likeness (QED) is 0.299. The third kappa shape index (κ3) is 3.26. The number of para-hydroxylation sites is 2. The molecule has 0 amide bonds. The molecule has 0 fully saturated rings. The van der Waals surface area contributed by atoms with E-state index >= 15 is 0 Å². The number of hydrogen-bond donors (Lipinski definition) is 0. The Bertz CT molecular complexity index is 1650. The van der Waals surface area contributed by atoms with Crippen LogP contribution >= 0.6 is 0 Å². The molecule has 0 unspecified atom stereocenters. The third-order valence-corrected chi connectivity index (χ3v) is 6.09. The van der Waals surface area contributed by atoms with Gasteiger partial charge in [0, 0.05) is 28.2 Å². The SMILES string of the molecule is N#Cc1ccnc(-c2ccc(-c3ccc4c5ccccc5n(-c5ccccc5)c4c3)cc2)c1. The van der Waals surface area contributed by atoms with Crippen LogP contribution in [0.1, 0.15) is 5.56 Å². The zero-order valence-electron chi connectivity index (χ0n) is 17.8. The molecule has 0 saturated carbocycles. The van der Waals surface area contributed by atoms with Crippen molar-refractivity contribution in [1.82, 2.24) is 9.55 Å². The summed E-state index contributed by atoms with van der Waals surface area (Å²) in [5, 5.41) is 11.7. The number of pyridine rings is 1. The summed E-state index contributed by atoms with van der Waals surface area (Å²) in [5.41, 5.74) is 8.26. The predicted octanol–water partition coefficient (Wildman–Crippen LogP) is 7.38. The molecule has 0 bridgehead atoms. The lowest BCUT2D eigenvalue weighted by atomic mass is 10.0. The second-order valence-electron chi connectivity index (χ2n) is 8.04. The van der Waals surface area contributed by atoms with E-state index in [4.69, 9.17) is 5.26 Å². The van der Waals surface area contributed by atoms with Gasteiger partial charge < -0.3 is 4.57 Å². The van der Waals surface area contributed by atoms with E-state index in [2.05, 4.69) is 107 Å². The van der Waals surface area contributed by atoms with Gasteiger partial charge in [-0.15, -0.1) is 0 Å². The average Bonchev–Trinajstić information content (AvgIpc) is 3.23. The largest absolute Gasteiger partial charge is 0.309 e. The van der Waals surface area contributed by atoms with Crippen molar-refractivity contribution in [2.45, 2.75) is 0 Å². The van der Waals surface area contributed by atoms with Gasteiger partial charge in [0.1, 0.15) is 0 Å². The van der Waals surface area contributed by atoms with E-state index in [1.165, 1.54) is 21.8 Å². The van der Waals surface area contributed by atoms with Crippen LogP contribution in [0.25, 0.3) is 49.9 Å². The molecular weight excluding hydrogens is 402 g/mol. The fraction of sp³-hybridized carbons (Fsp3) is 0. The number of benzene rings is 4. The smallest absolute Gasteiger partial charge is 0.0992 e. The van der Waals surface area contributed by atoms with Crippen LogP contribution in [0.4, 0.5) is 0 Å². The molecule has 3 nitrogen and oxygen atoms in total. The molecule has 0 saturated heterocycles. The fourth-order valence-electron chi connectivity index (χ4n) is 4.50. The molecule has 0 aliphatic rings. The van der Waals surface area contributed by atoms with E-state index in [9.17, 15) is 0 Å². The van der Waals surface area contributed by atoms with E-state index in [1.807, 2.05) is 12.1 Å². The number of fused-ring (bicyclic) bond motifs is 3. The molecule has 0 aliphatic carbocycles. The Morgan fingerprint density at radius 1 is 0.606 bits per heavy atom. The molecule has 0 aliphatic heterocycles. The van der Waals surface area contributed by atoms with E-state index in [-0.39, 0.29) is 0 Å². The summed E-state index contributed by atoms with van der Waals surface area (Å²) < 4.78 is 2.33. The monoisotopic (exact) mass is 421 g/mol. The van der Waals surface area contributed by atoms with Gasteiger partial charge in [0.2, 0.25) is 0 Å². The minimum Gasteiger partial charge on any atom is -0.309 e. The first kappa shape index (κ1) is 19.0. The minimum atomic E-state index is 0.614. The lowest BCUT2D eigenvalue weighted by Crippen LogP contribution is -1.93. The van der Waals surface area contributed by atoms with Crippen molar-refractivity contribution in [3.63, 3.8) is 0 Å². The van der Waals surface area contributed by atoms with Gasteiger partial charge >= 0.3 is 0 Å². The van der Waals surface area contributed by atoms with Crippen LogP contribution in [-0.4, -0.2) is 9.55 Å². The topological polar surface area (TPSA) is 41.6 Å². The van der Waals surface area contributed by atoms with Crippen LogP contribution in [-0.2, 0) is 0 Å². The highest BCUT2D eigenvalue weighted by atomic mass is 15.0. The first-order chi connectivity index (χ1) is 16.3. The van der Waals surface area contributed by atoms with Crippen molar-refractivity contribution in [2.24, 2.45) is 0 Å². The summed E-state index contributed by atoms with van der Waals surface area (Å²) in [6.07, 6.45) is 1.68. The van der Waals surface area contributed by atoms with Crippen LogP contribution in [0.15, 0.2) is 115 Å². The van der Waals surface area contributed by atoms with E-state index in [0.29, 0.717) is 5.56 Å². The number of aromatic nitrogens is 2. The van der Waals surface area contributed by atoms with Crippen LogP contribution < -0.4 is 0 Å². The zero-order valence-corrected chi connectivity index (χ0v) is 17.8. The lowest BCUT2D eigenvalue weighted by molar-refractivity contribution is 1.18. The highest BCUT2D eigenvalue weighted by molar-refractivity contribution is 6.10. The highest BCUT2D eigenvalue weighted by Gasteiger charge is 2.13. The molecule has 154 valence electrons. The van der Waals surface area contributed by atoms with Gasteiger partial charge in [0.15, 0.2) is 0 Å². The first-order valence-corrected chi connectivity index (χ1v) is 10.9. The predicted molar refractivity (Wildman–Crippen MR) is 134 cm³/mol. The van der Waals surface area contributed by atoms with Crippen molar-refractivity contribution in [1.29, 1.82) is 5.26 Å². The molecule has 6 rings (SSSR count). The summed E-state index contributed by atoms with van der Waals surface area (Å²) in [5.74, 6) is 0. The summed E-state index contributed by atoms with van der Waals surface area (Å²) in [4.78, 5) is 4.42. The summed E-state index contributed by atoms with van der Waals surface area (Å²) >= 11 is 0. The Morgan fingerprint density at radius 3 is 2.12 bits per heavy atom. The van der Waals surface area contributed by atoms with Gasteiger partial charge in [-0.2, -0.15) is 5.26 Å². The van der Waals surface area contributed by atoms with Crippen LogP contribution in [0.2, 0.25) is 0 Å². The Kier molecular flexibility index (Phi) is 4.49. The number of rotatable bonds is 3. The molecule has 2 heterocycles. The Morgan fingerprint density at radius 2 is 1.30 bits per heavy atom. The summed E-state index contributed by atoms with van der Waals surface area (Å²) in [6.45, 7) is 0. The summed E-state index contributed by atoms with van der Waals surface area (Å²) in [6, 6.07) is 39.8. The molecule has 2 aromatic heterocycles. The van der Waals surface area contributed by atoms with Gasteiger partial charge in [-0.3, -0.25) is 4.98 Å². The number of nitriles is 1. The van der Waals surface area contributed by atoms with E-state index in [1.54, 1.807) is 12.3 Å². The maximum Gasteiger partial charge on any atom is 0.0992 e. The molecular formula is C30H19N3. The molecule has 0 spiro atoms. The maximum absolute atomic E-state index is 9.17. The molecule has 4 aromatic carbocycles. The van der Waals surface area contributed by atoms with Gasteiger partial charge in [0.05, 0.1) is 28.4 Å². The van der Waals surface area contributed by atoms with Crippen molar-refractivity contribution in [3.8, 4) is 34.1 Å². The maximum atomic E-state index is 9.17. The van der Waals surface area contributed by atoms with Crippen molar-refractivity contribution < 1.29 is 0 Å². The average molecular weight is 422 g/mol. The molecule has 3 heteroatoms. The Labute approximate surface area is 191 Å². The van der Waals surface area contributed by atoms with Gasteiger partial charge in [0.25, 0.3) is 0 Å². The lowest BCUT2D eigenvalue weighted by Gasteiger charge is -2.09. The van der Waals surface area contributed by atoms with Crippen molar-refractivity contribution in [2.75, 3.05) is 0 Å². The first-order valence-electron chi connectivity index (χ1n) is 10.9. The van der Waals surface area contributed by atoms with Crippen molar-refractivity contribution in [3.05, 3.63) is 121 Å². The van der Waals surface area contributed by atoms with E-state index < -0.39 is 0 Å². The van der Waals surface area contributed by atoms with Gasteiger partial charge in [-0.1, -0.05) is 72.8 Å². The normalized spacial score (nSPS) is 11.0. The second kappa shape index (κ2) is 7.78. The van der Waals surface area contributed by atoms with Crippen molar-refractivity contribution >= 4 is 21.8 Å². The number of nitrogens with zero attached hydrogens (tertiary/aromatic N) is 3. The third-order valence-electron chi connectivity index (χ3n) is 6.09. The van der Waals surface area contributed by atoms with Crippen LogP contribution in [0.3, 0.4) is 0 Å². The second-order valence-corrected chi connectivity index (χ2v) is 8.04. The summed E-state index contributed by atoms with van der Waals surface area (Å²) in [7, 11) is 0. The Balaban J connectivity index is 1.49. The minimum absolute atomic E-state index is 0.614. The van der Waals surface area contributed by atoms with Gasteiger partial charge in [-0.05, 0) is 47.5 Å². The van der Waals surface area contributed by atoms with E-state index in [0.717, 1.165) is 28.1 Å². The standard InChI is InChI=1S/C30H19N3/c31-20-21-16-17-32-28(18-21)23-12-10-22(11-13-23)24-14-15-27-26-8-4-5-9-29(26)33(30(27)19-24)25-6-2-1-3-7-25/h1-19H. The van der Waals surface area contributed by atoms with Crippen LogP contribution in [0.5, 0.6) is 0 Å². The molecule has 0 atom stereocenters. The van der Waals surface area contributed by atoms with Crippen LogP contribution in [0, 0.1) is 11.3 Å². The number of hydrogen-bond acceptors (Lipinski definition) is 2. The highest BCUT2D eigenvalue weighted by Crippen LogP contribution is 2.35. The molecule has 0 N–H and O–H groups in total. The fourth-order valence-corrected chi connectivity index (χ4v) is 4.50. The molecule has 6 aromatic rings.